The van der Waals surface area contributed by atoms with Crippen LogP contribution in [0.25, 0.3) is 0 Å². The van der Waals surface area contributed by atoms with Crippen LogP contribution in [0.4, 0.5) is 5.69 Å². The van der Waals surface area contributed by atoms with Crippen molar-refractivity contribution in [2.24, 2.45) is 0 Å². The number of rotatable bonds is 17. The minimum absolute atomic E-state index is 0.380. The van der Waals surface area contributed by atoms with Gasteiger partial charge in [0.2, 0.25) is 0 Å². The number of nitrogens with one attached hydrogen (secondary N) is 1. The van der Waals surface area contributed by atoms with E-state index in [0.717, 1.165) is 32.4 Å². The van der Waals surface area contributed by atoms with E-state index in [-0.39, 0.29) is 6.42 Å². The van der Waals surface area contributed by atoms with Gasteiger partial charge in [0.15, 0.2) is 11.5 Å². The van der Waals surface area contributed by atoms with Crippen LogP contribution in [0.5, 0.6) is 11.5 Å². The van der Waals surface area contributed by atoms with E-state index in [0.29, 0.717) is 52.1 Å². The molecular weight excluding hydrogens is 748 g/mol. The normalized spacial score (nSPS) is 15.2. The summed E-state index contributed by atoms with van der Waals surface area (Å²) in [4.78, 5) is 59.8. The Balaban J connectivity index is 0.000000946. The second-order valence-electron chi connectivity index (χ2n) is 13.4. The first-order chi connectivity index (χ1) is 26.6. The first-order valence-corrected chi connectivity index (χ1v) is 18.2. The predicted molar refractivity (Wildman–Crippen MR) is 208 cm³/mol. The van der Waals surface area contributed by atoms with Crippen molar-refractivity contribution in [3.63, 3.8) is 0 Å². The number of ether oxygens (including phenoxy) is 5. The minimum atomic E-state index is -1.29. The highest BCUT2D eigenvalue weighted by molar-refractivity contribution is 6.30. The fraction of sp³-hybridized carbons (Fsp3) is 0.390. The number of aliphatic carboxylic acids is 2. The number of esters is 2. The molecule has 3 aromatic rings. The number of benzene rings is 3. The van der Waals surface area contributed by atoms with Crippen LogP contribution < -0.4 is 19.7 Å². The zero-order valence-electron chi connectivity index (χ0n) is 32.1. The molecule has 0 saturated carbocycles. The molecule has 14 nitrogen and oxygen atoms in total. The van der Waals surface area contributed by atoms with E-state index >= 15 is 0 Å². The van der Waals surface area contributed by atoms with Gasteiger partial charge in [0.05, 0.1) is 32.9 Å². The lowest BCUT2D eigenvalue weighted by Gasteiger charge is -2.26. The third-order valence-electron chi connectivity index (χ3n) is 7.97. The number of hydrogen-bond donors (Lipinski definition) is 3. The van der Waals surface area contributed by atoms with Gasteiger partial charge in [0.25, 0.3) is 5.91 Å². The second-order valence-corrected chi connectivity index (χ2v) is 13.9. The lowest BCUT2D eigenvalue weighted by molar-refractivity contribution is -0.154. The molecule has 1 aliphatic rings. The number of carboxylic acid groups (broad SMARTS) is 2. The van der Waals surface area contributed by atoms with Gasteiger partial charge >= 0.3 is 23.9 Å². The number of methoxy groups -OCH3 is 2. The van der Waals surface area contributed by atoms with E-state index < -0.39 is 54.1 Å². The monoisotopic (exact) mass is 796 g/mol. The zero-order valence-corrected chi connectivity index (χ0v) is 32.9. The summed E-state index contributed by atoms with van der Waals surface area (Å²) < 4.78 is 28.9. The molecule has 0 bridgehead atoms. The van der Waals surface area contributed by atoms with Gasteiger partial charge in [-0.1, -0.05) is 54.1 Å². The van der Waals surface area contributed by atoms with E-state index in [2.05, 4.69) is 29.6 Å². The van der Waals surface area contributed by atoms with Gasteiger partial charge in [-0.3, -0.25) is 19.3 Å². The van der Waals surface area contributed by atoms with Gasteiger partial charge in [-0.2, -0.15) is 0 Å². The first kappa shape index (κ1) is 45.0. The lowest BCUT2D eigenvalue weighted by Crippen LogP contribution is -2.44. The molecular formula is C41H49ClN2O12. The summed E-state index contributed by atoms with van der Waals surface area (Å²) in [6.45, 7) is 6.96. The quantitative estimate of drug-likeness (QED) is 0.0849. The summed E-state index contributed by atoms with van der Waals surface area (Å²) in [6, 6.07) is 20.8. The molecule has 1 heterocycles. The number of carboxylic acids is 2. The van der Waals surface area contributed by atoms with Crippen molar-refractivity contribution in [2.75, 3.05) is 45.4 Å². The average molecular weight is 797 g/mol. The maximum Gasteiger partial charge on any atom is 0.328 e. The molecule has 1 amide bonds. The largest absolute Gasteiger partial charge is 0.492 e. The Hall–Kier alpha value is -5.44. The molecule has 0 unspecified atom stereocenters. The summed E-state index contributed by atoms with van der Waals surface area (Å²) in [6.07, 6.45) is 1.36. The van der Waals surface area contributed by atoms with Crippen LogP contribution in [0.1, 0.15) is 62.8 Å². The Morgan fingerprint density at radius 2 is 1.57 bits per heavy atom. The summed E-state index contributed by atoms with van der Waals surface area (Å²) in [5, 5.41) is 19.5. The van der Waals surface area contributed by atoms with Gasteiger partial charge in [0.1, 0.15) is 24.4 Å². The van der Waals surface area contributed by atoms with Crippen molar-refractivity contribution in [1.29, 1.82) is 0 Å². The van der Waals surface area contributed by atoms with Gasteiger partial charge in [-0.05, 0) is 83.0 Å². The molecule has 2 atom stereocenters. The second kappa shape index (κ2) is 22.2. The van der Waals surface area contributed by atoms with Gasteiger partial charge in [-0.15, -0.1) is 0 Å². The van der Waals surface area contributed by atoms with E-state index in [1.54, 1.807) is 51.1 Å². The fourth-order valence-electron chi connectivity index (χ4n) is 5.63. The highest BCUT2D eigenvalue weighted by Gasteiger charge is 2.40. The topological polar surface area (TPSA) is 187 Å². The SMILES string of the molecule is COC(=O)C[C@@H]1O[C@@H](c2cccc(OCCCNCCCc3ccccc3)c2OC)c2cc(Cl)ccc2N(CC(=O)OC(C)(C)C)C1=O.O=C(O)/C=C/C(=O)O. The van der Waals surface area contributed by atoms with Crippen LogP contribution in [-0.4, -0.2) is 92.2 Å². The Bertz CT molecular complexity index is 1810. The maximum atomic E-state index is 14.0. The molecule has 302 valence electrons. The molecule has 15 heteroatoms. The van der Waals surface area contributed by atoms with Crippen LogP contribution >= 0.6 is 11.6 Å². The summed E-state index contributed by atoms with van der Waals surface area (Å²) in [7, 11) is 2.76. The number of anilines is 1. The molecule has 3 aromatic carbocycles. The van der Waals surface area contributed by atoms with Crippen molar-refractivity contribution in [1.82, 2.24) is 5.32 Å². The molecule has 0 saturated heterocycles. The van der Waals surface area contributed by atoms with E-state index in [1.807, 2.05) is 12.1 Å². The fourth-order valence-corrected chi connectivity index (χ4v) is 5.81. The predicted octanol–water partition coefficient (Wildman–Crippen LogP) is 5.78. The molecule has 3 N–H and O–H groups in total. The summed E-state index contributed by atoms with van der Waals surface area (Å²) in [5.74, 6) is -3.47. The molecule has 0 fully saturated rings. The highest BCUT2D eigenvalue weighted by atomic mass is 35.5. The molecule has 0 spiro atoms. The number of carbonyl (C=O) groups is 5. The standard InChI is InChI=1S/C37H45ClN2O8.C4H4O4/c1-37(2,3)48-33(42)24-40-29-18-17-26(38)22-28(29)34(47-31(36(40)43)23-32(41)44-4)27-15-9-16-30(35(27)45-5)46-21-11-20-39-19-10-14-25-12-7-6-8-13-25;5-3(6)1-2-4(7)8/h6-9,12-13,15-18,22,31,34,39H,10-11,14,19-21,23-24H2,1-5H3;1-2H,(H,5,6)(H,7,8)/b;2-1+/t31-,34-;/m0./s1. The Morgan fingerprint density at radius 1 is 0.893 bits per heavy atom. The number of nitrogens with zero attached hydrogens (tertiary/aromatic N) is 1. The minimum Gasteiger partial charge on any atom is -0.492 e. The molecule has 0 radical (unpaired) electrons. The third-order valence-corrected chi connectivity index (χ3v) is 8.21. The first-order valence-electron chi connectivity index (χ1n) is 17.9. The Kier molecular flexibility index (Phi) is 17.8. The molecule has 0 aromatic heterocycles. The molecule has 0 aliphatic carbocycles. The molecule has 1 aliphatic heterocycles. The Morgan fingerprint density at radius 3 is 2.20 bits per heavy atom. The zero-order chi connectivity index (χ0) is 41.3. The Labute approximate surface area is 331 Å². The molecule has 4 rings (SSSR count). The van der Waals surface area contributed by atoms with Crippen molar-refractivity contribution in [3.8, 4) is 11.5 Å². The number of amides is 1. The average Bonchev–Trinajstić information content (AvgIpc) is 3.25. The van der Waals surface area contributed by atoms with Crippen molar-refractivity contribution < 1.29 is 57.9 Å². The lowest BCUT2D eigenvalue weighted by atomic mass is 9.98. The van der Waals surface area contributed by atoms with E-state index in [9.17, 15) is 24.0 Å². The number of fused-ring (bicyclic) bond motifs is 1. The number of para-hydroxylation sites is 1. The van der Waals surface area contributed by atoms with Crippen LogP contribution in [0.2, 0.25) is 5.02 Å². The van der Waals surface area contributed by atoms with Crippen molar-refractivity contribution in [3.05, 3.63) is 101 Å². The molecule has 56 heavy (non-hydrogen) atoms. The summed E-state index contributed by atoms with van der Waals surface area (Å²) in [5.41, 5.74) is 2.00. The van der Waals surface area contributed by atoms with Gasteiger partial charge in [-0.25, -0.2) is 9.59 Å². The number of halogens is 1. The van der Waals surface area contributed by atoms with Crippen LogP contribution in [0.3, 0.4) is 0 Å². The van der Waals surface area contributed by atoms with E-state index in [4.69, 9.17) is 45.5 Å². The smallest absolute Gasteiger partial charge is 0.328 e. The van der Waals surface area contributed by atoms with Gasteiger partial charge in [0, 0.05) is 28.3 Å². The van der Waals surface area contributed by atoms with Crippen LogP contribution in [0, 0.1) is 0 Å². The highest BCUT2D eigenvalue weighted by Crippen LogP contribution is 2.45. The third kappa shape index (κ3) is 14.7. The van der Waals surface area contributed by atoms with E-state index in [1.165, 1.54) is 24.7 Å². The van der Waals surface area contributed by atoms with Crippen molar-refractivity contribution in [2.45, 2.75) is 64.3 Å². The van der Waals surface area contributed by atoms with Gasteiger partial charge < -0.3 is 39.2 Å². The maximum absolute atomic E-state index is 14.0. The van der Waals surface area contributed by atoms with Crippen molar-refractivity contribution >= 4 is 47.1 Å². The number of carbonyl (C=O) groups excluding carboxylic acids is 3. The number of hydrogen-bond acceptors (Lipinski definition) is 11. The van der Waals surface area contributed by atoms with Crippen LogP contribution in [0.15, 0.2) is 78.9 Å². The van der Waals surface area contributed by atoms with Crippen LogP contribution in [-0.2, 0) is 44.6 Å². The number of aryl methyl sites for hydroxylation is 1. The summed E-state index contributed by atoms with van der Waals surface area (Å²) >= 11 is 6.48.